The molecule has 2 amide bonds. The van der Waals surface area contributed by atoms with E-state index in [1.807, 2.05) is 6.92 Å². The van der Waals surface area contributed by atoms with Gasteiger partial charge in [0, 0.05) is 6.54 Å². The number of rotatable bonds is 5. The molecule has 6 nitrogen and oxygen atoms in total. The molecule has 0 aromatic carbocycles. The summed E-state index contributed by atoms with van der Waals surface area (Å²) in [4.78, 5) is 24.0. The number of carbonyl (C=O) groups excluding carboxylic acids is 2. The van der Waals surface area contributed by atoms with Gasteiger partial charge in [-0.05, 0) is 6.42 Å². The molecule has 0 aliphatic heterocycles. The number of amides is 2. The number of hydrogen-bond acceptors (Lipinski definition) is 2. The van der Waals surface area contributed by atoms with Crippen LogP contribution in [0.1, 0.15) is 13.3 Å². The van der Waals surface area contributed by atoms with E-state index < -0.39 is 5.91 Å². The number of nitrogens with zero attached hydrogens (tertiary/aromatic N) is 2. The number of nitrogens with one attached hydrogen (secondary N) is 2. The Hall–Kier alpha value is -1.68. The number of carbonyl (C=O) groups is 2. The summed E-state index contributed by atoms with van der Waals surface area (Å²) in [6.45, 7) is 2.41. The highest BCUT2D eigenvalue weighted by atomic mass is 16.2. The maximum atomic E-state index is 10.9. The van der Waals surface area contributed by atoms with Crippen LogP contribution < -0.4 is 10.6 Å². The summed E-state index contributed by atoms with van der Waals surface area (Å²) in [6.07, 6.45) is 1.53. The Balaban J connectivity index is 3.57. The van der Waals surface area contributed by atoms with Crippen molar-refractivity contribution in [1.29, 1.82) is 0 Å². The quantitative estimate of drug-likeness (QED) is 0.323. The van der Waals surface area contributed by atoms with Crippen molar-refractivity contribution in [2.45, 2.75) is 13.3 Å². The molecule has 2 N–H and O–H groups in total. The van der Waals surface area contributed by atoms with E-state index in [-0.39, 0.29) is 12.5 Å². The molecule has 0 unspecified atom stereocenters. The molecule has 13 heavy (non-hydrogen) atoms. The second kappa shape index (κ2) is 7.00. The minimum absolute atomic E-state index is 0.106. The molecule has 0 aromatic rings. The molecule has 0 aliphatic rings. The van der Waals surface area contributed by atoms with Crippen LogP contribution in [0.3, 0.4) is 0 Å². The first-order chi connectivity index (χ1) is 6.20. The third-order valence-electron chi connectivity index (χ3n) is 1.17. The molecule has 0 saturated carbocycles. The largest absolute Gasteiger partial charge is 0.361 e. The van der Waals surface area contributed by atoms with Crippen LogP contribution >= 0.6 is 0 Å². The Morgan fingerprint density at radius 3 is 2.69 bits per heavy atom. The molecular weight excluding hydrogens is 172 g/mol. The van der Waals surface area contributed by atoms with Gasteiger partial charge in [0.2, 0.25) is 5.91 Å². The van der Waals surface area contributed by atoms with Crippen LogP contribution in [0, 0.1) is 0 Å². The monoisotopic (exact) mass is 184 g/mol. The van der Waals surface area contributed by atoms with Crippen LogP contribution in [0.25, 0.3) is 5.53 Å². The molecule has 0 bridgehead atoms. The summed E-state index contributed by atoms with van der Waals surface area (Å²) in [7, 11) is 0. The van der Waals surface area contributed by atoms with Gasteiger partial charge in [0.05, 0.1) is 6.54 Å². The summed E-state index contributed by atoms with van der Waals surface area (Å²) in [5.41, 5.74) is 7.95. The lowest BCUT2D eigenvalue weighted by molar-refractivity contribution is -0.124. The van der Waals surface area contributed by atoms with Gasteiger partial charge in [0.1, 0.15) is 0 Å². The molecule has 0 fully saturated rings. The molecule has 0 rings (SSSR count). The molecule has 0 aliphatic carbocycles. The molecule has 0 aromatic heterocycles. The van der Waals surface area contributed by atoms with Gasteiger partial charge in [-0.1, -0.05) is 6.92 Å². The predicted molar refractivity (Wildman–Crippen MR) is 46.0 cm³/mol. The van der Waals surface area contributed by atoms with Gasteiger partial charge >= 0.3 is 12.1 Å². The molecule has 0 saturated heterocycles. The lowest BCUT2D eigenvalue weighted by Crippen LogP contribution is -2.37. The summed E-state index contributed by atoms with van der Waals surface area (Å²) >= 11 is 0. The third kappa shape index (κ3) is 6.71. The summed E-state index contributed by atoms with van der Waals surface area (Å²) < 4.78 is 0. The Morgan fingerprint density at radius 2 is 2.15 bits per heavy atom. The SMILES string of the molecule is CCCNC(=O)CNC(=O)C=[N+]=[N-]. The van der Waals surface area contributed by atoms with Crippen molar-refractivity contribution in [3.8, 4) is 0 Å². The fourth-order valence-corrected chi connectivity index (χ4v) is 0.592. The van der Waals surface area contributed by atoms with Crippen molar-refractivity contribution in [3.05, 3.63) is 5.53 Å². The normalized spacial score (nSPS) is 8.38. The second-order valence-electron chi connectivity index (χ2n) is 2.31. The first-order valence-corrected chi connectivity index (χ1v) is 3.92. The van der Waals surface area contributed by atoms with E-state index in [0.29, 0.717) is 12.8 Å². The zero-order chi connectivity index (χ0) is 10.1. The van der Waals surface area contributed by atoms with E-state index in [0.717, 1.165) is 6.42 Å². The second-order valence-corrected chi connectivity index (χ2v) is 2.31. The molecular formula is C7H12N4O2. The summed E-state index contributed by atoms with van der Waals surface area (Å²) in [5.74, 6) is -0.865. The zero-order valence-corrected chi connectivity index (χ0v) is 7.41. The van der Waals surface area contributed by atoms with E-state index in [4.69, 9.17) is 5.53 Å². The highest BCUT2D eigenvalue weighted by Crippen LogP contribution is 1.70. The molecule has 0 heterocycles. The van der Waals surface area contributed by atoms with Crippen molar-refractivity contribution in [1.82, 2.24) is 10.6 Å². The zero-order valence-electron chi connectivity index (χ0n) is 7.41. The van der Waals surface area contributed by atoms with Gasteiger partial charge in [-0.15, -0.1) is 0 Å². The Labute approximate surface area is 75.9 Å². The van der Waals surface area contributed by atoms with Gasteiger partial charge in [-0.3, -0.25) is 9.59 Å². The minimum Gasteiger partial charge on any atom is -0.361 e. The maximum absolute atomic E-state index is 10.9. The van der Waals surface area contributed by atoms with Crippen LogP contribution in [0.2, 0.25) is 0 Å². The highest BCUT2D eigenvalue weighted by Gasteiger charge is 2.04. The topological polar surface area (TPSA) is 94.6 Å². The highest BCUT2D eigenvalue weighted by molar-refractivity contribution is 6.24. The van der Waals surface area contributed by atoms with Gasteiger partial charge in [0.15, 0.2) is 0 Å². The molecule has 72 valence electrons. The smallest absolute Gasteiger partial charge is 0.344 e. The van der Waals surface area contributed by atoms with Crippen molar-refractivity contribution in [2.24, 2.45) is 0 Å². The van der Waals surface area contributed by atoms with Gasteiger partial charge in [0.25, 0.3) is 0 Å². The van der Waals surface area contributed by atoms with E-state index in [2.05, 4.69) is 15.4 Å². The van der Waals surface area contributed by atoms with Gasteiger partial charge in [-0.25, -0.2) is 0 Å². The molecule has 0 atom stereocenters. The Bertz CT molecular complexity index is 233. The summed E-state index contributed by atoms with van der Waals surface area (Å²) in [6, 6.07) is 0. The number of hydrogen-bond donors (Lipinski definition) is 2. The minimum atomic E-state index is -0.603. The van der Waals surface area contributed by atoms with E-state index >= 15 is 0 Å². The Morgan fingerprint density at radius 1 is 1.46 bits per heavy atom. The van der Waals surface area contributed by atoms with E-state index in [9.17, 15) is 9.59 Å². The Kier molecular flexibility index (Phi) is 6.09. The first kappa shape index (κ1) is 11.3. The van der Waals surface area contributed by atoms with Gasteiger partial charge in [-0.2, -0.15) is 4.79 Å². The molecule has 0 radical (unpaired) electrons. The van der Waals surface area contributed by atoms with E-state index in [1.54, 1.807) is 0 Å². The van der Waals surface area contributed by atoms with Crippen molar-refractivity contribution in [3.63, 3.8) is 0 Å². The fraction of sp³-hybridized carbons (Fsp3) is 0.571. The van der Waals surface area contributed by atoms with Crippen LogP contribution in [-0.4, -0.2) is 35.9 Å². The van der Waals surface area contributed by atoms with Crippen molar-refractivity contribution in [2.75, 3.05) is 13.1 Å². The maximum Gasteiger partial charge on any atom is 0.344 e. The van der Waals surface area contributed by atoms with Crippen LogP contribution in [0.15, 0.2) is 0 Å². The fourth-order valence-electron chi connectivity index (χ4n) is 0.592. The van der Waals surface area contributed by atoms with Crippen LogP contribution in [0.4, 0.5) is 0 Å². The van der Waals surface area contributed by atoms with Crippen LogP contribution in [-0.2, 0) is 9.59 Å². The third-order valence-corrected chi connectivity index (χ3v) is 1.17. The molecule has 0 spiro atoms. The predicted octanol–water partition coefficient (Wildman–Crippen LogP) is -1.07. The van der Waals surface area contributed by atoms with Crippen LogP contribution in [0.5, 0.6) is 0 Å². The average Bonchev–Trinajstić information content (AvgIpc) is 2.12. The van der Waals surface area contributed by atoms with Crippen molar-refractivity contribution >= 4 is 18.0 Å². The first-order valence-electron chi connectivity index (χ1n) is 3.92. The lowest BCUT2D eigenvalue weighted by Gasteiger charge is -2.01. The average molecular weight is 184 g/mol. The standard InChI is InChI=1S/C7H12N4O2/c1-2-3-9-6(12)4-10-7(13)5-11-8/h5H,2-4H2,1H3,(H,9,12)(H,10,13). The lowest BCUT2D eigenvalue weighted by atomic mass is 10.4. The molecule has 6 heteroatoms. The van der Waals surface area contributed by atoms with Gasteiger partial charge < -0.3 is 16.2 Å². The summed E-state index contributed by atoms with van der Waals surface area (Å²) in [5, 5.41) is 4.80. The van der Waals surface area contributed by atoms with E-state index in [1.165, 1.54) is 0 Å². The van der Waals surface area contributed by atoms with Crippen molar-refractivity contribution < 1.29 is 14.4 Å².